The molecule has 0 aliphatic carbocycles. The van der Waals surface area contributed by atoms with E-state index in [9.17, 15) is 18.4 Å². The van der Waals surface area contributed by atoms with Gasteiger partial charge in [-0.15, -0.1) is 0 Å². The van der Waals surface area contributed by atoms with Crippen molar-refractivity contribution in [2.24, 2.45) is 0 Å². The minimum atomic E-state index is -2.54. The van der Waals surface area contributed by atoms with Gasteiger partial charge in [0.05, 0.1) is 17.6 Å². The van der Waals surface area contributed by atoms with Crippen molar-refractivity contribution in [1.29, 1.82) is 0 Å². The van der Waals surface area contributed by atoms with Crippen LogP contribution in [0.5, 0.6) is 0 Å². The van der Waals surface area contributed by atoms with Crippen LogP contribution < -0.4 is 15.8 Å². The van der Waals surface area contributed by atoms with E-state index >= 15 is 0 Å². The number of rotatable bonds is 8. The Morgan fingerprint density at radius 2 is 1.79 bits per heavy atom. The van der Waals surface area contributed by atoms with Crippen LogP contribution in [0.4, 0.5) is 26.0 Å². The number of benzene rings is 2. The number of aryl methyl sites for hydroxylation is 1. The van der Waals surface area contributed by atoms with Crippen LogP contribution in [0, 0.1) is 13.8 Å². The largest absolute Gasteiger partial charge is 0.365 e. The first-order valence-corrected chi connectivity index (χ1v) is 12.1. The van der Waals surface area contributed by atoms with E-state index in [1.807, 2.05) is 36.2 Å². The van der Waals surface area contributed by atoms with Crippen molar-refractivity contribution in [3.8, 4) is 0 Å². The highest BCUT2D eigenvalue weighted by molar-refractivity contribution is 5.92. The number of carbonyl (C=O) groups is 1. The van der Waals surface area contributed by atoms with Gasteiger partial charge in [0.15, 0.2) is 0 Å². The lowest BCUT2D eigenvalue weighted by Gasteiger charge is -2.21. The monoisotopic (exact) mass is 520 g/mol. The number of hydrogen-bond acceptors (Lipinski definition) is 6. The maximum absolute atomic E-state index is 13.4. The molecule has 0 aliphatic rings. The molecular formula is C28H30F2N6O2. The molecule has 0 bridgehead atoms. The second kappa shape index (κ2) is 11.0. The van der Waals surface area contributed by atoms with Crippen molar-refractivity contribution < 1.29 is 13.6 Å². The fourth-order valence-electron chi connectivity index (χ4n) is 4.20. The van der Waals surface area contributed by atoms with E-state index < -0.39 is 6.43 Å². The van der Waals surface area contributed by atoms with Crippen molar-refractivity contribution in [3.05, 3.63) is 87.1 Å². The number of H-pyrrole nitrogens is 1. The van der Waals surface area contributed by atoms with E-state index in [0.717, 1.165) is 22.2 Å². The molecule has 2 aromatic heterocycles. The van der Waals surface area contributed by atoms with Crippen LogP contribution in [-0.4, -0.2) is 46.9 Å². The average Bonchev–Trinajstić information content (AvgIpc) is 2.88. The van der Waals surface area contributed by atoms with E-state index in [1.54, 1.807) is 46.3 Å². The van der Waals surface area contributed by atoms with Crippen LogP contribution in [0.2, 0.25) is 0 Å². The van der Waals surface area contributed by atoms with Crippen molar-refractivity contribution in [1.82, 2.24) is 19.9 Å². The molecule has 4 rings (SSSR count). The Bertz CT molecular complexity index is 1550. The molecule has 198 valence electrons. The summed E-state index contributed by atoms with van der Waals surface area (Å²) in [6.07, 6.45) is -0.945. The fourth-order valence-corrected chi connectivity index (χ4v) is 4.20. The molecule has 2 aromatic carbocycles. The number of hydrogen-bond donors (Lipinski definition) is 2. The number of halogens is 2. The molecule has 0 radical (unpaired) electrons. The van der Waals surface area contributed by atoms with Gasteiger partial charge in [-0.05, 0) is 49.2 Å². The number of nitrogens with one attached hydrogen (secondary N) is 2. The Kier molecular flexibility index (Phi) is 7.70. The molecule has 0 saturated carbocycles. The van der Waals surface area contributed by atoms with Gasteiger partial charge in [0.2, 0.25) is 5.91 Å². The molecule has 4 aromatic rings. The Morgan fingerprint density at radius 1 is 1.03 bits per heavy atom. The number of carbonyl (C=O) groups excluding carboxylic acids is 1. The average molecular weight is 521 g/mol. The molecule has 0 spiro atoms. The summed E-state index contributed by atoms with van der Waals surface area (Å²) in [6.45, 7) is 3.81. The highest BCUT2D eigenvalue weighted by Gasteiger charge is 2.16. The topological polar surface area (TPSA) is 94.2 Å². The first kappa shape index (κ1) is 26.7. The zero-order valence-corrected chi connectivity index (χ0v) is 22.0. The Hall–Kier alpha value is -4.34. The lowest BCUT2D eigenvalue weighted by molar-refractivity contribution is -0.127. The van der Waals surface area contributed by atoms with Crippen molar-refractivity contribution in [3.63, 3.8) is 0 Å². The SMILES string of the molecule is Cc1nc(NCc2cccc(C(F)F)c2C)c2cc(N(C)c3c[nH]c(=O)c(CC(=O)N(C)C)c3)ccc2n1. The van der Waals surface area contributed by atoms with Gasteiger partial charge in [0.25, 0.3) is 12.0 Å². The molecular weight excluding hydrogens is 490 g/mol. The molecule has 38 heavy (non-hydrogen) atoms. The summed E-state index contributed by atoms with van der Waals surface area (Å²) >= 11 is 0. The predicted octanol–water partition coefficient (Wildman–Crippen LogP) is 4.88. The number of anilines is 3. The van der Waals surface area contributed by atoms with Gasteiger partial charge in [0, 0.05) is 56.1 Å². The maximum atomic E-state index is 13.4. The Morgan fingerprint density at radius 3 is 2.50 bits per heavy atom. The van der Waals surface area contributed by atoms with Crippen LogP contribution in [-0.2, 0) is 17.8 Å². The first-order chi connectivity index (χ1) is 18.0. The van der Waals surface area contributed by atoms with Crippen LogP contribution >= 0.6 is 0 Å². The lowest BCUT2D eigenvalue weighted by Crippen LogP contribution is -2.27. The lowest BCUT2D eigenvalue weighted by atomic mass is 10.0. The summed E-state index contributed by atoms with van der Waals surface area (Å²) in [7, 11) is 5.15. The number of amides is 1. The second-order valence-electron chi connectivity index (χ2n) is 9.34. The van der Waals surface area contributed by atoms with Crippen LogP contribution in [0.1, 0.15) is 34.5 Å². The van der Waals surface area contributed by atoms with Gasteiger partial charge >= 0.3 is 0 Å². The smallest absolute Gasteiger partial charge is 0.264 e. The standard InChI is InChI=1S/C28H30F2N6O2/c1-16-18(7-6-8-22(16)26(29)30)14-31-27-23-13-20(9-10-24(23)33-17(2)34-27)36(5)21-11-19(28(38)32-15-21)12-25(37)35(3)4/h6-11,13,15,26H,12,14H2,1-5H3,(H,32,38)(H,31,33,34). The summed E-state index contributed by atoms with van der Waals surface area (Å²) in [4.78, 5) is 39.6. The third-order valence-electron chi connectivity index (χ3n) is 6.54. The summed E-state index contributed by atoms with van der Waals surface area (Å²) < 4.78 is 26.7. The van der Waals surface area contributed by atoms with Gasteiger partial charge in [-0.25, -0.2) is 18.7 Å². The Balaban J connectivity index is 1.66. The molecule has 1 amide bonds. The maximum Gasteiger partial charge on any atom is 0.264 e. The molecule has 10 heteroatoms. The quantitative estimate of drug-likeness (QED) is 0.344. The second-order valence-corrected chi connectivity index (χ2v) is 9.34. The molecule has 2 N–H and O–H groups in total. The van der Waals surface area contributed by atoms with Crippen LogP contribution in [0.3, 0.4) is 0 Å². The van der Waals surface area contributed by atoms with Crippen LogP contribution in [0.25, 0.3) is 10.9 Å². The minimum Gasteiger partial charge on any atom is -0.365 e. The van der Waals surface area contributed by atoms with Crippen molar-refractivity contribution >= 4 is 34.0 Å². The summed E-state index contributed by atoms with van der Waals surface area (Å²) in [5.41, 5.74) is 3.63. The highest BCUT2D eigenvalue weighted by Crippen LogP contribution is 2.30. The van der Waals surface area contributed by atoms with E-state index in [-0.39, 0.29) is 23.5 Å². The molecule has 8 nitrogen and oxygen atoms in total. The van der Waals surface area contributed by atoms with Crippen molar-refractivity contribution in [2.75, 3.05) is 31.4 Å². The molecule has 2 heterocycles. The van der Waals surface area contributed by atoms with E-state index in [0.29, 0.717) is 35.0 Å². The van der Waals surface area contributed by atoms with Crippen LogP contribution in [0.15, 0.2) is 53.5 Å². The third kappa shape index (κ3) is 5.64. The summed E-state index contributed by atoms with van der Waals surface area (Å²) in [6, 6.07) is 12.3. The third-order valence-corrected chi connectivity index (χ3v) is 6.54. The van der Waals surface area contributed by atoms with E-state index in [2.05, 4.69) is 20.3 Å². The molecule has 0 aliphatic heterocycles. The van der Waals surface area contributed by atoms with Gasteiger partial charge in [-0.2, -0.15) is 0 Å². The van der Waals surface area contributed by atoms with E-state index in [4.69, 9.17) is 0 Å². The number of alkyl halides is 2. The molecule has 0 fully saturated rings. The molecule has 0 atom stereocenters. The first-order valence-electron chi connectivity index (χ1n) is 12.1. The number of likely N-dealkylation sites (N-methyl/N-ethyl adjacent to an activating group) is 1. The highest BCUT2D eigenvalue weighted by atomic mass is 19.3. The fraction of sp³-hybridized carbons (Fsp3) is 0.286. The number of fused-ring (bicyclic) bond motifs is 1. The normalized spacial score (nSPS) is 11.2. The Labute approximate surface area is 219 Å². The molecule has 0 saturated heterocycles. The zero-order chi connectivity index (χ0) is 27.6. The van der Waals surface area contributed by atoms with Gasteiger partial charge in [0.1, 0.15) is 11.6 Å². The number of nitrogens with zero attached hydrogens (tertiary/aromatic N) is 4. The number of aromatic nitrogens is 3. The summed E-state index contributed by atoms with van der Waals surface area (Å²) in [5.74, 6) is 0.997. The zero-order valence-electron chi connectivity index (χ0n) is 22.0. The van der Waals surface area contributed by atoms with Crippen molar-refractivity contribution in [2.45, 2.75) is 33.2 Å². The number of pyridine rings is 1. The van der Waals surface area contributed by atoms with E-state index in [1.165, 1.54) is 11.0 Å². The minimum absolute atomic E-state index is 0.00487. The van der Waals surface area contributed by atoms with Gasteiger partial charge in [-0.3, -0.25) is 9.59 Å². The summed E-state index contributed by atoms with van der Waals surface area (Å²) in [5, 5.41) is 4.06. The predicted molar refractivity (Wildman–Crippen MR) is 145 cm³/mol. The van der Waals surface area contributed by atoms with Gasteiger partial charge in [-0.1, -0.05) is 18.2 Å². The van der Waals surface area contributed by atoms with Gasteiger partial charge < -0.3 is 20.1 Å². The number of aromatic amines is 1. The molecule has 0 unspecified atom stereocenters.